The van der Waals surface area contributed by atoms with Crippen molar-refractivity contribution in [3.63, 3.8) is 0 Å². The van der Waals surface area contributed by atoms with Crippen molar-refractivity contribution in [1.82, 2.24) is 21.1 Å². The van der Waals surface area contributed by atoms with E-state index in [1.54, 1.807) is 0 Å². The molecule has 0 saturated carbocycles. The lowest BCUT2D eigenvalue weighted by Gasteiger charge is -2.22. The number of amides is 2. The number of hydrazine groups is 1. The summed E-state index contributed by atoms with van der Waals surface area (Å²) in [5, 5.41) is 11.3. The summed E-state index contributed by atoms with van der Waals surface area (Å²) in [5.41, 5.74) is 11.2. The molecule has 1 heterocycles. The predicted octanol–water partition coefficient (Wildman–Crippen LogP) is -1.29. The summed E-state index contributed by atoms with van der Waals surface area (Å²) in [6.45, 7) is 2.76. The van der Waals surface area contributed by atoms with Crippen molar-refractivity contribution in [2.75, 3.05) is 31.9 Å². The van der Waals surface area contributed by atoms with Crippen LogP contribution < -0.4 is 21.9 Å². The number of carbonyl (C=O) groups excluding carboxylic acids is 3. The van der Waals surface area contributed by atoms with Crippen molar-refractivity contribution in [3.05, 3.63) is 0 Å². The molecule has 1 aliphatic heterocycles. The first-order valence-corrected chi connectivity index (χ1v) is 9.29. The van der Waals surface area contributed by atoms with Gasteiger partial charge in [-0.3, -0.25) is 14.4 Å². The quantitative estimate of drug-likeness (QED) is 0.260. The number of nitrogens with zero attached hydrogens (tertiary/aromatic N) is 2. The van der Waals surface area contributed by atoms with E-state index in [4.69, 9.17) is 11.0 Å². The fraction of sp³-hybridized carbons (Fsp3) is 0.733. The van der Waals surface area contributed by atoms with Crippen molar-refractivity contribution >= 4 is 29.4 Å². The molecular formula is C15H26N6O3S. The lowest BCUT2D eigenvalue weighted by atomic mass is 10.1. The van der Waals surface area contributed by atoms with Crippen molar-refractivity contribution in [2.45, 2.75) is 37.6 Å². The molecule has 0 spiro atoms. The van der Waals surface area contributed by atoms with Crippen LogP contribution >= 0.6 is 11.8 Å². The smallest absolute Gasteiger partial charge is 0.241 e. The van der Waals surface area contributed by atoms with E-state index in [0.717, 1.165) is 5.75 Å². The Morgan fingerprint density at radius 3 is 2.72 bits per heavy atom. The maximum absolute atomic E-state index is 12.2. The van der Waals surface area contributed by atoms with Crippen LogP contribution in [-0.4, -0.2) is 65.8 Å². The zero-order valence-electron chi connectivity index (χ0n) is 14.4. The standard InChI is InChI=1S/C15H26N6O3S/c1-11(22)9-19-20-10-13(23)18-5-3-2-4-12(17)15(24)21-6-7-25-14(21)8-16/h12,14,19-20H,2-7,9-10,17H2,1H3,(H,18,23)/t12-,14-/m0/s1. The third-order valence-electron chi connectivity index (χ3n) is 3.58. The maximum atomic E-state index is 12.2. The van der Waals surface area contributed by atoms with Gasteiger partial charge in [0.05, 0.1) is 25.2 Å². The van der Waals surface area contributed by atoms with Gasteiger partial charge in [-0.05, 0) is 26.2 Å². The van der Waals surface area contributed by atoms with Gasteiger partial charge in [0.2, 0.25) is 11.8 Å². The number of rotatable bonds is 11. The highest BCUT2D eigenvalue weighted by Crippen LogP contribution is 2.23. The van der Waals surface area contributed by atoms with Gasteiger partial charge in [-0.15, -0.1) is 11.8 Å². The topological polar surface area (TPSA) is 140 Å². The summed E-state index contributed by atoms with van der Waals surface area (Å²) in [5.74, 6) is 0.383. The summed E-state index contributed by atoms with van der Waals surface area (Å²) in [6.07, 6.45) is 1.94. The Hall–Kier alpha value is -1.67. The number of ketones is 1. The molecule has 0 aromatic heterocycles. The minimum Gasteiger partial charge on any atom is -0.355 e. The van der Waals surface area contributed by atoms with Gasteiger partial charge in [0.25, 0.3) is 0 Å². The first-order valence-electron chi connectivity index (χ1n) is 8.25. The van der Waals surface area contributed by atoms with Crippen LogP contribution in [0, 0.1) is 11.3 Å². The molecule has 1 aliphatic rings. The second-order valence-corrected chi connectivity index (χ2v) is 6.93. The third kappa shape index (κ3) is 8.31. The number of unbranched alkanes of at least 4 members (excludes halogenated alkanes) is 1. The summed E-state index contributed by atoms with van der Waals surface area (Å²) in [4.78, 5) is 36.0. The third-order valence-corrected chi connectivity index (χ3v) is 4.67. The van der Waals surface area contributed by atoms with Crippen LogP contribution in [0.25, 0.3) is 0 Å². The zero-order valence-corrected chi connectivity index (χ0v) is 15.2. The van der Waals surface area contributed by atoms with Crippen molar-refractivity contribution < 1.29 is 14.4 Å². The molecule has 0 radical (unpaired) electrons. The van der Waals surface area contributed by atoms with Crippen LogP contribution in [0.2, 0.25) is 0 Å². The normalized spacial score (nSPS) is 17.8. The van der Waals surface area contributed by atoms with Gasteiger partial charge >= 0.3 is 0 Å². The van der Waals surface area contributed by atoms with Crippen molar-refractivity contribution in [1.29, 1.82) is 5.26 Å². The van der Waals surface area contributed by atoms with Gasteiger partial charge in [-0.2, -0.15) is 5.26 Å². The average Bonchev–Trinajstić information content (AvgIpc) is 3.06. The van der Waals surface area contributed by atoms with E-state index in [9.17, 15) is 14.4 Å². The fourth-order valence-corrected chi connectivity index (χ4v) is 3.24. The van der Waals surface area contributed by atoms with Crippen LogP contribution in [0.3, 0.4) is 0 Å². The Kier molecular flexibility index (Phi) is 10.1. The van der Waals surface area contributed by atoms with E-state index in [1.807, 2.05) is 0 Å². The Balaban J connectivity index is 2.08. The van der Waals surface area contributed by atoms with Gasteiger partial charge in [-0.1, -0.05) is 0 Å². The molecule has 1 fully saturated rings. The van der Waals surface area contributed by atoms with E-state index in [2.05, 4.69) is 22.2 Å². The highest BCUT2D eigenvalue weighted by Gasteiger charge is 2.31. The number of hydrogen-bond donors (Lipinski definition) is 4. The largest absolute Gasteiger partial charge is 0.355 e. The lowest BCUT2D eigenvalue weighted by Crippen LogP contribution is -2.45. The highest BCUT2D eigenvalue weighted by atomic mass is 32.2. The molecule has 9 nitrogen and oxygen atoms in total. The van der Waals surface area contributed by atoms with Gasteiger partial charge in [-0.25, -0.2) is 10.9 Å². The highest BCUT2D eigenvalue weighted by molar-refractivity contribution is 8.00. The van der Waals surface area contributed by atoms with E-state index < -0.39 is 11.4 Å². The molecule has 25 heavy (non-hydrogen) atoms. The number of thioether (sulfide) groups is 1. The molecule has 1 saturated heterocycles. The van der Waals surface area contributed by atoms with Crippen LogP contribution in [0.4, 0.5) is 0 Å². The Morgan fingerprint density at radius 2 is 2.04 bits per heavy atom. The first kappa shape index (κ1) is 21.4. The lowest BCUT2D eigenvalue weighted by molar-refractivity contribution is -0.132. The summed E-state index contributed by atoms with van der Waals surface area (Å²) < 4.78 is 0. The number of carbonyl (C=O) groups is 3. The van der Waals surface area contributed by atoms with Gasteiger partial charge < -0.3 is 16.0 Å². The minimum absolute atomic E-state index is 0.0209. The van der Waals surface area contributed by atoms with Gasteiger partial charge in [0.1, 0.15) is 5.78 Å². The fourth-order valence-electron chi connectivity index (χ4n) is 2.25. The summed E-state index contributed by atoms with van der Waals surface area (Å²) in [7, 11) is 0. The monoisotopic (exact) mass is 370 g/mol. The second-order valence-electron chi connectivity index (χ2n) is 5.75. The molecule has 0 unspecified atom stereocenters. The van der Waals surface area contributed by atoms with Crippen LogP contribution in [-0.2, 0) is 14.4 Å². The molecule has 0 aromatic rings. The van der Waals surface area contributed by atoms with Crippen LogP contribution in [0.15, 0.2) is 0 Å². The first-order chi connectivity index (χ1) is 12.0. The Bertz CT molecular complexity index is 510. The van der Waals surface area contributed by atoms with E-state index in [0.29, 0.717) is 32.4 Å². The maximum Gasteiger partial charge on any atom is 0.241 e. The van der Waals surface area contributed by atoms with Gasteiger partial charge in [0, 0.05) is 18.8 Å². The molecule has 5 N–H and O–H groups in total. The number of nitriles is 1. The molecule has 0 aliphatic carbocycles. The van der Waals surface area contributed by atoms with E-state index >= 15 is 0 Å². The van der Waals surface area contributed by atoms with Gasteiger partial charge in [0.15, 0.2) is 5.37 Å². The van der Waals surface area contributed by atoms with E-state index in [-0.39, 0.29) is 30.7 Å². The summed E-state index contributed by atoms with van der Waals surface area (Å²) in [6, 6.07) is 1.49. The predicted molar refractivity (Wildman–Crippen MR) is 95.1 cm³/mol. The molecule has 2 amide bonds. The average molecular weight is 370 g/mol. The van der Waals surface area contributed by atoms with Crippen molar-refractivity contribution in [3.8, 4) is 6.07 Å². The van der Waals surface area contributed by atoms with Crippen LogP contribution in [0.5, 0.6) is 0 Å². The van der Waals surface area contributed by atoms with Crippen LogP contribution in [0.1, 0.15) is 26.2 Å². The molecule has 2 atom stereocenters. The molecule has 1 rings (SSSR count). The number of Topliss-reactive ketones (excluding diaryl/α,β-unsaturated/α-hetero) is 1. The molecular weight excluding hydrogens is 344 g/mol. The molecule has 140 valence electrons. The van der Waals surface area contributed by atoms with E-state index in [1.165, 1.54) is 23.6 Å². The Morgan fingerprint density at radius 1 is 1.32 bits per heavy atom. The SMILES string of the molecule is CC(=O)CNNCC(=O)NCCCC[C@H](N)C(=O)N1CCS[C@H]1C#N. The molecule has 0 aromatic carbocycles. The molecule has 10 heteroatoms. The minimum atomic E-state index is -0.609. The Labute approximate surface area is 152 Å². The van der Waals surface area contributed by atoms with Crippen molar-refractivity contribution in [2.24, 2.45) is 5.73 Å². The zero-order chi connectivity index (χ0) is 18.7. The summed E-state index contributed by atoms with van der Waals surface area (Å²) >= 11 is 1.45. The number of hydrogen-bond acceptors (Lipinski definition) is 8. The number of nitrogens with one attached hydrogen (secondary N) is 3. The second kappa shape index (κ2) is 11.8. The number of nitrogens with two attached hydrogens (primary N) is 1. The molecule has 0 bridgehead atoms.